The number of unbranched alkanes of at least 4 members (excludes halogenated alkanes) is 1. The van der Waals surface area contributed by atoms with Crippen molar-refractivity contribution < 1.29 is 14.3 Å². The van der Waals surface area contributed by atoms with Gasteiger partial charge in [-0.3, -0.25) is 0 Å². The Bertz CT molecular complexity index is 822. The molecule has 1 amide bonds. The van der Waals surface area contributed by atoms with Crippen LogP contribution >= 0.6 is 11.6 Å². The molecule has 1 aliphatic heterocycles. The van der Waals surface area contributed by atoms with E-state index < -0.39 is 5.60 Å². The van der Waals surface area contributed by atoms with Crippen molar-refractivity contribution in [1.29, 1.82) is 0 Å². The van der Waals surface area contributed by atoms with Gasteiger partial charge in [0.2, 0.25) is 0 Å². The molecule has 0 unspecified atom stereocenters. The van der Waals surface area contributed by atoms with Crippen molar-refractivity contribution in [3.8, 4) is 0 Å². The van der Waals surface area contributed by atoms with Crippen LogP contribution in [0.2, 0.25) is 5.02 Å². The molecule has 28 heavy (non-hydrogen) atoms. The Morgan fingerprint density at radius 2 is 2.18 bits per heavy atom. The molecule has 0 bridgehead atoms. The van der Waals surface area contributed by atoms with Crippen LogP contribution in [0.15, 0.2) is 24.4 Å². The number of hydrogen-bond donors (Lipinski definition) is 0. The quantitative estimate of drug-likeness (QED) is 0.655. The Morgan fingerprint density at radius 1 is 1.36 bits per heavy atom. The lowest BCUT2D eigenvalue weighted by Gasteiger charge is -2.24. The average molecular weight is 406 g/mol. The van der Waals surface area contributed by atoms with Crippen LogP contribution in [0, 0.1) is 0 Å². The number of rotatable bonds is 6. The molecule has 2 aromatic rings. The van der Waals surface area contributed by atoms with Gasteiger partial charge in [0.1, 0.15) is 5.60 Å². The van der Waals surface area contributed by atoms with E-state index >= 15 is 0 Å². The summed E-state index contributed by atoms with van der Waals surface area (Å²) in [5.74, 6) is 0. The van der Waals surface area contributed by atoms with E-state index in [0.717, 1.165) is 36.8 Å². The van der Waals surface area contributed by atoms with E-state index in [-0.39, 0.29) is 12.2 Å². The SMILES string of the molecule is CC(C)(C)OC(=O)N1CC[C@@H](OCCCCc2cc(Cl)c3cccnc3n2)C1. The normalized spacial score (nSPS) is 17.3. The molecule has 152 valence electrons. The number of halogens is 1. The number of aryl methyl sites for hydroxylation is 1. The molecule has 1 atom stereocenters. The van der Waals surface area contributed by atoms with Crippen LogP contribution < -0.4 is 0 Å². The van der Waals surface area contributed by atoms with Crippen molar-refractivity contribution in [2.45, 2.75) is 58.2 Å². The predicted molar refractivity (Wildman–Crippen MR) is 110 cm³/mol. The minimum atomic E-state index is -0.467. The molecular weight excluding hydrogens is 378 g/mol. The fourth-order valence-corrected chi connectivity index (χ4v) is 3.48. The van der Waals surface area contributed by atoms with E-state index in [9.17, 15) is 4.79 Å². The highest BCUT2D eigenvalue weighted by atomic mass is 35.5. The molecule has 7 heteroatoms. The number of hydrogen-bond acceptors (Lipinski definition) is 5. The molecule has 0 aliphatic carbocycles. The predicted octanol–water partition coefficient (Wildman–Crippen LogP) is 4.63. The molecule has 0 saturated carbocycles. The molecule has 1 aliphatic rings. The molecule has 3 rings (SSSR count). The van der Waals surface area contributed by atoms with E-state index in [0.29, 0.717) is 30.4 Å². The summed E-state index contributed by atoms with van der Waals surface area (Å²) < 4.78 is 11.3. The summed E-state index contributed by atoms with van der Waals surface area (Å²) in [7, 11) is 0. The van der Waals surface area contributed by atoms with Gasteiger partial charge in [0.15, 0.2) is 5.65 Å². The van der Waals surface area contributed by atoms with Gasteiger partial charge in [0.25, 0.3) is 0 Å². The largest absolute Gasteiger partial charge is 0.444 e. The number of amides is 1. The van der Waals surface area contributed by atoms with Gasteiger partial charge < -0.3 is 14.4 Å². The van der Waals surface area contributed by atoms with Crippen molar-refractivity contribution in [3.63, 3.8) is 0 Å². The Morgan fingerprint density at radius 3 is 2.96 bits per heavy atom. The molecule has 0 radical (unpaired) electrons. The number of nitrogens with zero attached hydrogens (tertiary/aromatic N) is 3. The first-order chi connectivity index (χ1) is 13.3. The maximum atomic E-state index is 12.1. The van der Waals surface area contributed by atoms with Crippen LogP contribution in [0.3, 0.4) is 0 Å². The van der Waals surface area contributed by atoms with Gasteiger partial charge in [-0.2, -0.15) is 0 Å². The van der Waals surface area contributed by atoms with Crippen molar-refractivity contribution >= 4 is 28.7 Å². The maximum Gasteiger partial charge on any atom is 0.410 e. The number of pyridine rings is 2. The second-order valence-electron chi connectivity index (χ2n) is 8.13. The highest BCUT2D eigenvalue weighted by Gasteiger charge is 2.30. The highest BCUT2D eigenvalue weighted by molar-refractivity contribution is 6.35. The number of ether oxygens (including phenoxy) is 2. The summed E-state index contributed by atoms with van der Waals surface area (Å²) in [6.45, 7) is 7.59. The van der Waals surface area contributed by atoms with Crippen molar-refractivity contribution in [3.05, 3.63) is 35.1 Å². The summed E-state index contributed by atoms with van der Waals surface area (Å²) in [5, 5.41) is 1.57. The smallest absolute Gasteiger partial charge is 0.410 e. The van der Waals surface area contributed by atoms with Crippen LogP contribution in [0.5, 0.6) is 0 Å². The Kier molecular flexibility index (Phi) is 6.73. The first-order valence-electron chi connectivity index (χ1n) is 9.81. The van der Waals surface area contributed by atoms with Crippen LogP contribution in [0.1, 0.15) is 45.7 Å². The van der Waals surface area contributed by atoms with Crippen molar-refractivity contribution in [2.75, 3.05) is 19.7 Å². The second kappa shape index (κ2) is 9.05. The standard InChI is InChI=1S/C21H28ClN3O3/c1-21(2,3)28-20(26)25-11-9-16(14-25)27-12-5-4-7-15-13-18(22)17-8-6-10-23-19(17)24-15/h6,8,10,13,16H,4-5,7,9,11-12,14H2,1-3H3/t16-/m1/s1. The fraction of sp³-hybridized carbons (Fsp3) is 0.571. The monoisotopic (exact) mass is 405 g/mol. The molecule has 1 saturated heterocycles. The molecular formula is C21H28ClN3O3. The minimum absolute atomic E-state index is 0.0879. The van der Waals surface area contributed by atoms with E-state index in [1.165, 1.54) is 0 Å². The van der Waals surface area contributed by atoms with Gasteiger partial charge in [-0.15, -0.1) is 0 Å². The van der Waals surface area contributed by atoms with Crippen LogP contribution in [-0.4, -0.2) is 52.4 Å². The second-order valence-corrected chi connectivity index (χ2v) is 8.54. The zero-order chi connectivity index (χ0) is 20.1. The highest BCUT2D eigenvalue weighted by Crippen LogP contribution is 2.22. The lowest BCUT2D eigenvalue weighted by atomic mass is 10.1. The molecule has 0 spiro atoms. The topological polar surface area (TPSA) is 64.5 Å². The van der Waals surface area contributed by atoms with E-state index in [4.69, 9.17) is 21.1 Å². The lowest BCUT2D eigenvalue weighted by Crippen LogP contribution is -2.36. The van der Waals surface area contributed by atoms with Crippen molar-refractivity contribution in [1.82, 2.24) is 14.9 Å². The van der Waals surface area contributed by atoms with Gasteiger partial charge in [0.05, 0.1) is 17.7 Å². The van der Waals surface area contributed by atoms with Gasteiger partial charge in [0, 0.05) is 30.4 Å². The molecule has 6 nitrogen and oxygen atoms in total. The summed E-state index contributed by atoms with van der Waals surface area (Å²) in [6, 6.07) is 5.71. The number of carbonyl (C=O) groups is 1. The van der Waals surface area contributed by atoms with Crippen LogP contribution in [0.25, 0.3) is 11.0 Å². The Labute approximate surface area is 171 Å². The van der Waals surface area contributed by atoms with E-state index in [1.54, 1.807) is 11.1 Å². The Balaban J connectivity index is 1.37. The van der Waals surface area contributed by atoms with E-state index in [1.807, 2.05) is 39.0 Å². The fourth-order valence-electron chi connectivity index (χ4n) is 3.21. The summed E-state index contributed by atoms with van der Waals surface area (Å²) in [4.78, 5) is 22.7. The first-order valence-corrected chi connectivity index (χ1v) is 10.2. The number of aromatic nitrogens is 2. The van der Waals surface area contributed by atoms with Gasteiger partial charge in [-0.05, 0) is 64.7 Å². The summed E-state index contributed by atoms with van der Waals surface area (Å²) in [5.41, 5.74) is 1.17. The third-order valence-corrected chi connectivity index (χ3v) is 4.88. The lowest BCUT2D eigenvalue weighted by molar-refractivity contribution is 0.0207. The molecule has 2 aromatic heterocycles. The van der Waals surface area contributed by atoms with Crippen molar-refractivity contribution in [2.24, 2.45) is 0 Å². The van der Waals surface area contributed by atoms with Gasteiger partial charge >= 0.3 is 6.09 Å². The molecule has 1 fully saturated rings. The van der Waals surface area contributed by atoms with E-state index in [2.05, 4.69) is 9.97 Å². The van der Waals surface area contributed by atoms with Gasteiger partial charge in [-0.1, -0.05) is 11.6 Å². The molecule has 0 aromatic carbocycles. The summed E-state index contributed by atoms with van der Waals surface area (Å²) in [6.07, 6.45) is 5.14. The first kappa shape index (κ1) is 20.8. The van der Waals surface area contributed by atoms with Crippen LogP contribution in [0.4, 0.5) is 4.79 Å². The zero-order valence-corrected chi connectivity index (χ0v) is 17.5. The molecule has 0 N–H and O–H groups in total. The third kappa shape index (κ3) is 5.79. The molecule has 3 heterocycles. The number of likely N-dealkylation sites (tertiary alicyclic amines) is 1. The van der Waals surface area contributed by atoms with Gasteiger partial charge in [-0.25, -0.2) is 14.8 Å². The third-order valence-electron chi connectivity index (χ3n) is 4.56. The average Bonchev–Trinajstić information content (AvgIpc) is 3.09. The minimum Gasteiger partial charge on any atom is -0.444 e. The number of fused-ring (bicyclic) bond motifs is 1. The maximum absolute atomic E-state index is 12.1. The number of carbonyl (C=O) groups excluding carboxylic acids is 1. The summed E-state index contributed by atoms with van der Waals surface area (Å²) >= 11 is 6.32. The Hall–Kier alpha value is -1.92. The van der Waals surface area contributed by atoms with Crippen LogP contribution in [-0.2, 0) is 15.9 Å². The zero-order valence-electron chi connectivity index (χ0n) is 16.8.